The lowest BCUT2D eigenvalue weighted by Gasteiger charge is -2.23. The van der Waals surface area contributed by atoms with E-state index in [0.717, 1.165) is 12.1 Å². The molecule has 1 fully saturated rings. The number of ether oxygens (including phenoxy) is 1. The Hall–Kier alpha value is -2.10. The topological polar surface area (TPSA) is 89.5 Å². The maximum Gasteiger partial charge on any atom is 0.418 e. The fourth-order valence-corrected chi connectivity index (χ4v) is 4.46. The zero-order chi connectivity index (χ0) is 20.4. The summed E-state index contributed by atoms with van der Waals surface area (Å²) in [5.74, 6) is -3.62. The molecule has 0 unspecified atom stereocenters. The summed E-state index contributed by atoms with van der Waals surface area (Å²) in [5.41, 5.74) is -1.46. The molecule has 1 heterocycles. The van der Waals surface area contributed by atoms with Crippen LogP contribution in [0.3, 0.4) is 0 Å². The number of halogens is 3. The summed E-state index contributed by atoms with van der Waals surface area (Å²) in [6.45, 7) is 3.14. The van der Waals surface area contributed by atoms with E-state index >= 15 is 0 Å². The molecule has 2 rings (SSSR count). The van der Waals surface area contributed by atoms with Crippen molar-refractivity contribution < 1.29 is 35.9 Å². The quantitative estimate of drug-likeness (QED) is 0.758. The summed E-state index contributed by atoms with van der Waals surface area (Å²) in [5, 5.41) is 2.16. The number of hydrogen-bond acceptors (Lipinski definition) is 5. The molecular weight excluding hydrogens is 387 g/mol. The number of alkyl halides is 3. The van der Waals surface area contributed by atoms with Gasteiger partial charge in [-0.25, -0.2) is 8.42 Å². The van der Waals surface area contributed by atoms with Crippen molar-refractivity contribution in [3.05, 3.63) is 29.8 Å². The van der Waals surface area contributed by atoms with Crippen molar-refractivity contribution in [2.75, 3.05) is 16.8 Å². The highest BCUT2D eigenvalue weighted by molar-refractivity contribution is 7.91. The van der Waals surface area contributed by atoms with Crippen molar-refractivity contribution in [2.45, 2.75) is 32.5 Å². The molecule has 0 radical (unpaired) electrons. The van der Waals surface area contributed by atoms with Gasteiger partial charge in [-0.1, -0.05) is 26.0 Å². The minimum atomic E-state index is -4.66. The molecule has 1 amide bonds. The molecule has 1 aromatic rings. The first-order valence-electron chi connectivity index (χ1n) is 8.28. The van der Waals surface area contributed by atoms with Gasteiger partial charge in [0.15, 0.2) is 15.9 Å². The first-order chi connectivity index (χ1) is 12.4. The first-order valence-corrected chi connectivity index (χ1v) is 10.1. The molecule has 1 saturated heterocycles. The second kappa shape index (κ2) is 7.87. The lowest BCUT2D eigenvalue weighted by atomic mass is 10.0. The fraction of sp³-hybridized carbons (Fsp3) is 0.529. The highest BCUT2D eigenvalue weighted by Gasteiger charge is 2.38. The Labute approximate surface area is 155 Å². The predicted octanol–water partition coefficient (Wildman–Crippen LogP) is 2.65. The van der Waals surface area contributed by atoms with Crippen LogP contribution in [0.2, 0.25) is 0 Å². The number of anilines is 1. The van der Waals surface area contributed by atoms with Crippen LogP contribution in [0.4, 0.5) is 18.9 Å². The molecule has 27 heavy (non-hydrogen) atoms. The Bertz CT molecular complexity index is 820. The Morgan fingerprint density at radius 3 is 2.37 bits per heavy atom. The summed E-state index contributed by atoms with van der Waals surface area (Å²) < 4.78 is 67.3. The van der Waals surface area contributed by atoms with Gasteiger partial charge in [-0.05, 0) is 24.5 Å². The smallest absolute Gasteiger partial charge is 0.418 e. The van der Waals surface area contributed by atoms with Crippen molar-refractivity contribution in [1.82, 2.24) is 0 Å². The number of nitrogens with one attached hydrogen (secondary N) is 1. The molecule has 0 spiro atoms. The predicted molar refractivity (Wildman–Crippen MR) is 91.6 cm³/mol. The van der Waals surface area contributed by atoms with E-state index in [0.29, 0.717) is 0 Å². The molecule has 2 atom stereocenters. The largest absolute Gasteiger partial charge is 0.452 e. The highest BCUT2D eigenvalue weighted by atomic mass is 32.2. The van der Waals surface area contributed by atoms with Gasteiger partial charge in [0.25, 0.3) is 5.91 Å². The van der Waals surface area contributed by atoms with Gasteiger partial charge in [0.2, 0.25) is 0 Å². The number of esters is 1. The molecule has 150 valence electrons. The second-order valence-electron chi connectivity index (χ2n) is 6.73. The number of para-hydroxylation sites is 1. The van der Waals surface area contributed by atoms with Gasteiger partial charge in [0.1, 0.15) is 0 Å². The van der Waals surface area contributed by atoms with Gasteiger partial charge in [-0.2, -0.15) is 13.2 Å². The number of amides is 1. The number of hydrogen-bond donors (Lipinski definition) is 1. The third kappa shape index (κ3) is 5.44. The summed E-state index contributed by atoms with van der Waals surface area (Å²) in [6.07, 6.45) is -5.90. The van der Waals surface area contributed by atoms with Gasteiger partial charge in [0.05, 0.1) is 28.7 Å². The maximum atomic E-state index is 13.1. The van der Waals surface area contributed by atoms with Gasteiger partial charge >= 0.3 is 12.1 Å². The fourth-order valence-electron chi connectivity index (χ4n) is 2.74. The molecule has 0 aliphatic carbocycles. The van der Waals surface area contributed by atoms with Crippen molar-refractivity contribution in [3.8, 4) is 0 Å². The Morgan fingerprint density at radius 1 is 1.22 bits per heavy atom. The monoisotopic (exact) mass is 407 g/mol. The second-order valence-corrected chi connectivity index (χ2v) is 8.96. The van der Waals surface area contributed by atoms with Crippen molar-refractivity contribution in [3.63, 3.8) is 0 Å². The van der Waals surface area contributed by atoms with Crippen LogP contribution in [-0.4, -0.2) is 37.9 Å². The van der Waals surface area contributed by atoms with Crippen LogP contribution < -0.4 is 5.32 Å². The maximum absolute atomic E-state index is 13.1. The molecule has 10 heteroatoms. The molecular formula is C17H20F3NO5S. The van der Waals surface area contributed by atoms with E-state index in [2.05, 4.69) is 5.32 Å². The molecule has 0 bridgehead atoms. The van der Waals surface area contributed by atoms with Crippen molar-refractivity contribution >= 4 is 27.4 Å². The van der Waals surface area contributed by atoms with E-state index in [1.165, 1.54) is 12.1 Å². The van der Waals surface area contributed by atoms with E-state index < -0.39 is 57.1 Å². The number of rotatable bonds is 5. The van der Waals surface area contributed by atoms with Crippen molar-refractivity contribution in [2.24, 2.45) is 11.8 Å². The molecule has 6 nitrogen and oxygen atoms in total. The van der Waals surface area contributed by atoms with E-state index in [-0.39, 0.29) is 17.9 Å². The first kappa shape index (κ1) is 21.2. The van der Waals surface area contributed by atoms with Gasteiger partial charge in [-0.15, -0.1) is 0 Å². The van der Waals surface area contributed by atoms with Crippen LogP contribution in [0.25, 0.3) is 0 Å². The van der Waals surface area contributed by atoms with E-state index in [4.69, 9.17) is 4.74 Å². The summed E-state index contributed by atoms with van der Waals surface area (Å²) in [4.78, 5) is 24.6. The zero-order valence-electron chi connectivity index (χ0n) is 14.7. The minimum absolute atomic E-state index is 0.102. The SMILES string of the molecule is CC(C)[C@@H](OC(=O)[C@H]1CCS(=O)(=O)C1)C(=O)Nc1ccccc1C(F)(F)F. The normalized spacial score (nSPS) is 20.3. The molecule has 1 N–H and O–H groups in total. The molecule has 0 aromatic heterocycles. The minimum Gasteiger partial charge on any atom is -0.452 e. The van der Waals surface area contributed by atoms with Crippen LogP contribution >= 0.6 is 0 Å². The van der Waals surface area contributed by atoms with Crippen LogP contribution in [-0.2, 0) is 30.3 Å². The Morgan fingerprint density at radius 2 is 1.85 bits per heavy atom. The number of benzene rings is 1. The third-order valence-corrected chi connectivity index (χ3v) is 5.93. The molecule has 0 saturated carbocycles. The zero-order valence-corrected chi connectivity index (χ0v) is 15.6. The molecule has 1 aliphatic rings. The van der Waals surface area contributed by atoms with Crippen LogP contribution in [0.5, 0.6) is 0 Å². The lowest BCUT2D eigenvalue weighted by molar-refractivity contribution is -0.160. The summed E-state index contributed by atoms with van der Waals surface area (Å²) >= 11 is 0. The van der Waals surface area contributed by atoms with E-state index in [1.807, 2.05) is 0 Å². The number of sulfone groups is 1. The van der Waals surface area contributed by atoms with Crippen molar-refractivity contribution in [1.29, 1.82) is 0 Å². The van der Waals surface area contributed by atoms with Gasteiger partial charge < -0.3 is 10.1 Å². The van der Waals surface area contributed by atoms with E-state index in [1.54, 1.807) is 13.8 Å². The summed E-state index contributed by atoms with van der Waals surface area (Å²) in [7, 11) is -3.31. The highest BCUT2D eigenvalue weighted by Crippen LogP contribution is 2.34. The molecule has 1 aliphatic heterocycles. The number of carbonyl (C=O) groups excluding carboxylic acids is 2. The average Bonchev–Trinajstić information content (AvgIpc) is 2.91. The Kier molecular flexibility index (Phi) is 6.18. The summed E-state index contributed by atoms with van der Waals surface area (Å²) in [6, 6.07) is 4.46. The lowest BCUT2D eigenvalue weighted by Crippen LogP contribution is -2.38. The standard InChI is InChI=1S/C17H20F3NO5S/c1-10(2)14(26-16(23)11-7-8-27(24,25)9-11)15(22)21-13-6-4-3-5-12(13)17(18,19)20/h3-6,10-11,14H,7-9H2,1-2H3,(H,21,22)/t11-,14+/m0/s1. The Balaban J connectivity index is 2.14. The number of carbonyl (C=O) groups is 2. The van der Waals surface area contributed by atoms with Crippen LogP contribution in [0.1, 0.15) is 25.8 Å². The van der Waals surface area contributed by atoms with Gasteiger partial charge in [-0.3, -0.25) is 9.59 Å². The van der Waals surface area contributed by atoms with E-state index in [9.17, 15) is 31.2 Å². The van der Waals surface area contributed by atoms with Crippen LogP contribution in [0.15, 0.2) is 24.3 Å². The average molecular weight is 407 g/mol. The molecule has 1 aromatic carbocycles. The van der Waals surface area contributed by atoms with Gasteiger partial charge in [0, 0.05) is 0 Å². The third-order valence-electron chi connectivity index (χ3n) is 4.16. The van der Waals surface area contributed by atoms with Crippen LogP contribution in [0, 0.1) is 11.8 Å².